The predicted molar refractivity (Wildman–Crippen MR) is 52.2 cm³/mol. The molecule has 1 rings (SSSR count). The highest BCUT2D eigenvalue weighted by Gasteiger charge is 2.10. The van der Waals surface area contributed by atoms with Gasteiger partial charge < -0.3 is 16.2 Å². The van der Waals surface area contributed by atoms with Crippen LogP contribution in [0.5, 0.6) is 0 Å². The first-order valence-corrected chi connectivity index (χ1v) is 4.78. The van der Waals surface area contributed by atoms with Crippen molar-refractivity contribution in [2.45, 2.75) is 6.54 Å². The van der Waals surface area contributed by atoms with Crippen LogP contribution in [-0.4, -0.2) is 23.5 Å². The zero-order valence-corrected chi connectivity index (χ0v) is 8.13. The molecular weight excluding hydrogens is 204 g/mol. The first kappa shape index (κ1) is 10.7. The van der Waals surface area contributed by atoms with E-state index in [-0.39, 0.29) is 6.54 Å². The second-order valence-electron chi connectivity index (χ2n) is 2.65. The maximum absolute atomic E-state index is 10.7. The monoisotopic (exact) mass is 214 g/mol. The number of carboxylic acids is 1. The van der Waals surface area contributed by atoms with E-state index >= 15 is 0 Å². The van der Waals surface area contributed by atoms with Crippen LogP contribution in [0.4, 0.5) is 0 Å². The minimum Gasteiger partial charge on any atom is -0.477 e. The van der Waals surface area contributed by atoms with Crippen molar-refractivity contribution in [2.75, 3.05) is 6.54 Å². The molecule has 0 aromatic carbocycles. The van der Waals surface area contributed by atoms with Gasteiger partial charge in [-0.2, -0.15) is 0 Å². The van der Waals surface area contributed by atoms with Gasteiger partial charge in [-0.15, -0.1) is 11.3 Å². The fourth-order valence-corrected chi connectivity index (χ4v) is 1.74. The number of nitrogens with two attached hydrogens (primary N) is 1. The van der Waals surface area contributed by atoms with Crippen LogP contribution in [0.25, 0.3) is 0 Å². The Balaban J connectivity index is 2.54. The molecule has 0 atom stereocenters. The first-order valence-electron chi connectivity index (χ1n) is 3.90. The van der Waals surface area contributed by atoms with Crippen molar-refractivity contribution in [3.05, 3.63) is 21.9 Å². The van der Waals surface area contributed by atoms with E-state index in [0.717, 1.165) is 11.3 Å². The zero-order chi connectivity index (χ0) is 10.6. The van der Waals surface area contributed by atoms with Gasteiger partial charge in [0.1, 0.15) is 4.88 Å². The summed E-state index contributed by atoms with van der Waals surface area (Å²) in [6.07, 6.45) is 0. The molecule has 0 fully saturated rings. The molecule has 0 radical (unpaired) electrons. The number of rotatable bonds is 5. The number of primary amides is 1. The summed E-state index contributed by atoms with van der Waals surface area (Å²) in [6.45, 7) is 0.392. The smallest absolute Gasteiger partial charge is 0.346 e. The van der Waals surface area contributed by atoms with Gasteiger partial charge in [0.05, 0.1) is 6.54 Å². The lowest BCUT2D eigenvalue weighted by Gasteiger charge is -2.00. The van der Waals surface area contributed by atoms with E-state index in [0.29, 0.717) is 17.0 Å². The van der Waals surface area contributed by atoms with Crippen molar-refractivity contribution in [1.82, 2.24) is 5.32 Å². The molecule has 0 saturated carbocycles. The number of carbonyl (C=O) groups is 2. The summed E-state index contributed by atoms with van der Waals surface area (Å²) in [6, 6.07) is 1.71. The molecule has 1 amide bonds. The highest BCUT2D eigenvalue weighted by atomic mass is 32.1. The molecule has 6 heteroatoms. The van der Waals surface area contributed by atoms with Crippen molar-refractivity contribution in [3.8, 4) is 0 Å². The van der Waals surface area contributed by atoms with Crippen LogP contribution in [0.3, 0.4) is 0 Å². The Morgan fingerprint density at radius 2 is 2.29 bits per heavy atom. The molecule has 0 unspecified atom stereocenters. The largest absolute Gasteiger partial charge is 0.477 e. The Hall–Kier alpha value is -1.40. The molecule has 1 heterocycles. The second kappa shape index (κ2) is 4.73. The summed E-state index contributed by atoms with van der Waals surface area (Å²) < 4.78 is 0. The lowest BCUT2D eigenvalue weighted by Crippen LogP contribution is -2.28. The number of thiophene rings is 1. The molecule has 0 spiro atoms. The standard InChI is InChI=1S/C8H10N2O3S/c9-6(11)4-10-3-5-1-2-14-7(5)8(12)13/h1-2,10H,3-4H2,(H2,9,11)(H,12,13). The van der Waals surface area contributed by atoms with Gasteiger partial charge >= 0.3 is 5.97 Å². The van der Waals surface area contributed by atoms with Crippen LogP contribution in [0.2, 0.25) is 0 Å². The van der Waals surface area contributed by atoms with Gasteiger partial charge in [-0.25, -0.2) is 4.79 Å². The Morgan fingerprint density at radius 1 is 1.57 bits per heavy atom. The number of hydrogen-bond acceptors (Lipinski definition) is 4. The molecule has 14 heavy (non-hydrogen) atoms. The third-order valence-corrected chi connectivity index (χ3v) is 2.50. The van der Waals surface area contributed by atoms with Gasteiger partial charge in [0.2, 0.25) is 5.91 Å². The predicted octanol–water partition coefficient (Wildman–Crippen LogP) is 0.0212. The van der Waals surface area contributed by atoms with Crippen molar-refractivity contribution in [2.24, 2.45) is 5.73 Å². The highest BCUT2D eigenvalue weighted by molar-refractivity contribution is 7.12. The zero-order valence-electron chi connectivity index (χ0n) is 7.32. The minimum absolute atomic E-state index is 0.0505. The fraction of sp³-hybridized carbons (Fsp3) is 0.250. The Kier molecular flexibility index (Phi) is 3.61. The molecule has 0 bridgehead atoms. The van der Waals surface area contributed by atoms with E-state index in [4.69, 9.17) is 10.8 Å². The molecule has 1 aromatic heterocycles. The van der Waals surface area contributed by atoms with E-state index in [1.165, 1.54) is 0 Å². The maximum Gasteiger partial charge on any atom is 0.346 e. The van der Waals surface area contributed by atoms with Crippen LogP contribution in [0.1, 0.15) is 15.2 Å². The van der Waals surface area contributed by atoms with Gasteiger partial charge in [-0.1, -0.05) is 0 Å². The lowest BCUT2D eigenvalue weighted by molar-refractivity contribution is -0.117. The summed E-state index contributed by atoms with van der Waals surface area (Å²) in [5.41, 5.74) is 5.58. The second-order valence-corrected chi connectivity index (χ2v) is 3.57. The summed E-state index contributed by atoms with van der Waals surface area (Å²) in [5.74, 6) is -1.41. The average Bonchev–Trinajstić information content (AvgIpc) is 2.51. The quantitative estimate of drug-likeness (QED) is 0.644. The number of carboxylic acid groups (broad SMARTS) is 1. The maximum atomic E-state index is 10.7. The summed E-state index contributed by atoms with van der Waals surface area (Å²) >= 11 is 1.16. The van der Waals surface area contributed by atoms with Crippen LogP contribution in [-0.2, 0) is 11.3 Å². The van der Waals surface area contributed by atoms with E-state index in [2.05, 4.69) is 5.32 Å². The van der Waals surface area contributed by atoms with Gasteiger partial charge in [-0.05, 0) is 17.0 Å². The molecule has 76 valence electrons. The summed E-state index contributed by atoms with van der Waals surface area (Å²) in [5, 5.41) is 13.2. The van der Waals surface area contributed by atoms with Crippen LogP contribution < -0.4 is 11.1 Å². The minimum atomic E-state index is -0.948. The molecule has 0 aliphatic heterocycles. The summed E-state index contributed by atoms with van der Waals surface area (Å²) in [7, 11) is 0. The van der Waals surface area contributed by atoms with Crippen molar-refractivity contribution < 1.29 is 14.7 Å². The number of amides is 1. The fourth-order valence-electron chi connectivity index (χ4n) is 0.983. The first-order chi connectivity index (χ1) is 6.61. The highest BCUT2D eigenvalue weighted by Crippen LogP contribution is 2.16. The molecule has 4 N–H and O–H groups in total. The van der Waals surface area contributed by atoms with E-state index in [1.807, 2.05) is 0 Å². The van der Waals surface area contributed by atoms with Gasteiger partial charge in [0, 0.05) is 6.54 Å². The lowest BCUT2D eigenvalue weighted by atomic mass is 10.2. The third kappa shape index (κ3) is 2.82. The number of aromatic carboxylic acids is 1. The van der Waals surface area contributed by atoms with Gasteiger partial charge in [0.25, 0.3) is 0 Å². The Bertz CT molecular complexity index is 348. The number of carbonyl (C=O) groups excluding carboxylic acids is 1. The molecule has 1 aromatic rings. The number of nitrogens with one attached hydrogen (secondary N) is 1. The molecule has 0 saturated heterocycles. The van der Waals surface area contributed by atoms with E-state index in [9.17, 15) is 9.59 Å². The van der Waals surface area contributed by atoms with Crippen LogP contribution in [0.15, 0.2) is 11.4 Å². The Morgan fingerprint density at radius 3 is 2.86 bits per heavy atom. The third-order valence-electron chi connectivity index (χ3n) is 1.56. The van der Waals surface area contributed by atoms with Crippen LogP contribution in [0, 0.1) is 0 Å². The van der Waals surface area contributed by atoms with Crippen molar-refractivity contribution >= 4 is 23.2 Å². The van der Waals surface area contributed by atoms with Crippen molar-refractivity contribution in [1.29, 1.82) is 0 Å². The average molecular weight is 214 g/mol. The molecular formula is C8H10N2O3S. The Labute approximate surface area is 84.5 Å². The number of hydrogen-bond donors (Lipinski definition) is 3. The molecule has 0 aliphatic rings. The normalized spacial score (nSPS) is 10.0. The summed E-state index contributed by atoms with van der Waals surface area (Å²) in [4.78, 5) is 21.4. The van der Waals surface area contributed by atoms with Crippen LogP contribution >= 0.6 is 11.3 Å². The van der Waals surface area contributed by atoms with Crippen molar-refractivity contribution in [3.63, 3.8) is 0 Å². The van der Waals surface area contributed by atoms with E-state index < -0.39 is 11.9 Å². The molecule has 5 nitrogen and oxygen atoms in total. The topological polar surface area (TPSA) is 92.4 Å². The van der Waals surface area contributed by atoms with E-state index in [1.54, 1.807) is 11.4 Å². The van der Waals surface area contributed by atoms with Gasteiger partial charge in [-0.3, -0.25) is 4.79 Å². The van der Waals surface area contributed by atoms with Gasteiger partial charge in [0.15, 0.2) is 0 Å². The SMILES string of the molecule is NC(=O)CNCc1ccsc1C(=O)O. The molecule has 0 aliphatic carbocycles.